The van der Waals surface area contributed by atoms with Gasteiger partial charge in [-0.3, -0.25) is 0 Å². The first-order valence-electron chi connectivity index (χ1n) is 6.53. The topological polar surface area (TPSA) is 0 Å². The normalized spacial score (nSPS) is 10.6. The van der Waals surface area contributed by atoms with Gasteiger partial charge < -0.3 is 0 Å². The highest BCUT2D eigenvalue weighted by molar-refractivity contribution is 7.99. The molecule has 0 fully saturated rings. The van der Waals surface area contributed by atoms with Crippen LogP contribution in [-0.4, -0.2) is 5.75 Å². The van der Waals surface area contributed by atoms with Crippen molar-refractivity contribution in [3.05, 3.63) is 30.3 Å². The van der Waals surface area contributed by atoms with E-state index >= 15 is 0 Å². The summed E-state index contributed by atoms with van der Waals surface area (Å²) in [6.07, 6.45) is 9.77. The zero-order chi connectivity index (χ0) is 11.5. The summed E-state index contributed by atoms with van der Waals surface area (Å²) in [7, 11) is 0. The molecule has 0 saturated carbocycles. The monoisotopic (exact) mass is 235 g/mol. The fourth-order valence-electron chi connectivity index (χ4n) is 1.71. The van der Waals surface area contributed by atoms with E-state index in [9.17, 15) is 0 Å². The Morgan fingerprint density at radius 2 is 1.75 bits per heavy atom. The summed E-state index contributed by atoms with van der Waals surface area (Å²) in [6, 6.07) is 11.5. The van der Waals surface area contributed by atoms with E-state index in [1.54, 1.807) is 0 Å². The van der Waals surface area contributed by atoms with Crippen molar-refractivity contribution in [3.63, 3.8) is 0 Å². The highest BCUT2D eigenvalue weighted by Gasteiger charge is 1.94. The summed E-state index contributed by atoms with van der Waals surface area (Å²) >= 11 is 1.93. The van der Waals surface area contributed by atoms with E-state index < -0.39 is 0 Å². The lowest BCUT2D eigenvalue weighted by Crippen LogP contribution is -1.83. The van der Waals surface area contributed by atoms with Crippen molar-refractivity contribution in [3.8, 4) is 0 Å². The van der Waals surface area contributed by atoms with E-state index in [1.807, 2.05) is 23.9 Å². The Morgan fingerprint density at radius 3 is 2.44 bits per heavy atom. The van der Waals surface area contributed by atoms with Gasteiger partial charge in [-0.2, -0.15) is 0 Å². The first-order valence-corrected chi connectivity index (χ1v) is 7.51. The van der Waals surface area contributed by atoms with Crippen LogP contribution >= 0.6 is 11.8 Å². The molecule has 0 nitrogen and oxygen atoms in total. The Labute approximate surface area is 105 Å². The minimum atomic E-state index is 1.24. The third kappa shape index (κ3) is 6.95. The van der Waals surface area contributed by atoms with Crippen molar-refractivity contribution in [2.45, 2.75) is 56.8 Å². The lowest BCUT2D eigenvalue weighted by atomic mass is 10.1. The lowest BCUT2D eigenvalue weighted by Gasteiger charge is -2.01. The van der Waals surface area contributed by atoms with Gasteiger partial charge in [0.15, 0.2) is 0 Å². The van der Waals surface area contributed by atoms with Gasteiger partial charge in [0.2, 0.25) is 0 Å². The van der Waals surface area contributed by atoms with Crippen molar-refractivity contribution in [1.82, 2.24) is 0 Å². The van der Waals surface area contributed by atoms with Crippen LogP contribution in [0.25, 0.3) is 0 Å². The average Bonchev–Trinajstić information content (AvgIpc) is 2.34. The summed E-state index contributed by atoms with van der Waals surface area (Å²) in [6.45, 7) is 2.27. The predicted molar refractivity (Wildman–Crippen MR) is 74.0 cm³/mol. The van der Waals surface area contributed by atoms with Crippen LogP contribution in [0.4, 0.5) is 0 Å². The lowest BCUT2D eigenvalue weighted by molar-refractivity contribution is 0.603. The highest BCUT2D eigenvalue weighted by atomic mass is 32.2. The molecule has 0 bridgehead atoms. The molecular weight excluding hydrogens is 212 g/mol. The largest absolute Gasteiger partial charge is 0.126 e. The molecular formula is C15H23S. The zero-order valence-corrected chi connectivity index (χ0v) is 11.2. The molecule has 1 heteroatoms. The van der Waals surface area contributed by atoms with Crippen molar-refractivity contribution < 1.29 is 0 Å². The molecule has 0 N–H and O–H groups in total. The van der Waals surface area contributed by atoms with E-state index in [1.165, 1.54) is 55.6 Å². The molecule has 0 aromatic heterocycles. The predicted octanol–water partition coefficient (Wildman–Crippen LogP) is 5.33. The molecule has 1 radical (unpaired) electrons. The summed E-state index contributed by atoms with van der Waals surface area (Å²) in [5.41, 5.74) is 0. The number of rotatable bonds is 9. The maximum Gasteiger partial charge on any atom is 0.0151 e. The molecule has 0 aliphatic heterocycles. The van der Waals surface area contributed by atoms with Gasteiger partial charge in [-0.25, -0.2) is 0 Å². The van der Waals surface area contributed by atoms with Crippen molar-refractivity contribution in [2.24, 2.45) is 0 Å². The second-order valence-corrected chi connectivity index (χ2v) is 5.33. The Balaban J connectivity index is 1.89. The second-order valence-electron chi connectivity index (χ2n) is 4.20. The van der Waals surface area contributed by atoms with Gasteiger partial charge in [-0.15, -0.1) is 11.8 Å². The molecule has 1 aromatic carbocycles. The van der Waals surface area contributed by atoms with Crippen LogP contribution < -0.4 is 0 Å². The van der Waals surface area contributed by atoms with Crippen LogP contribution in [0, 0.1) is 6.07 Å². The summed E-state index contributed by atoms with van der Waals surface area (Å²) in [4.78, 5) is 1.29. The van der Waals surface area contributed by atoms with Crippen LogP contribution in [0.2, 0.25) is 0 Å². The van der Waals surface area contributed by atoms with E-state index in [2.05, 4.69) is 25.1 Å². The van der Waals surface area contributed by atoms with Gasteiger partial charge in [-0.05, 0) is 24.3 Å². The quantitative estimate of drug-likeness (QED) is 0.412. The molecule has 16 heavy (non-hydrogen) atoms. The van der Waals surface area contributed by atoms with Gasteiger partial charge in [0.05, 0.1) is 0 Å². The van der Waals surface area contributed by atoms with Crippen LogP contribution in [0.3, 0.4) is 0 Å². The van der Waals surface area contributed by atoms with Crippen LogP contribution in [0.1, 0.15) is 51.9 Å². The molecule has 1 aromatic rings. The van der Waals surface area contributed by atoms with Crippen molar-refractivity contribution in [2.75, 3.05) is 5.75 Å². The smallest absolute Gasteiger partial charge is 0.0151 e. The van der Waals surface area contributed by atoms with Crippen molar-refractivity contribution in [1.29, 1.82) is 0 Å². The molecule has 0 aliphatic carbocycles. The Bertz CT molecular complexity index is 243. The fourth-order valence-corrected chi connectivity index (χ4v) is 2.60. The van der Waals surface area contributed by atoms with E-state index in [0.29, 0.717) is 0 Å². The second kappa shape index (κ2) is 9.77. The van der Waals surface area contributed by atoms with E-state index in [0.717, 1.165) is 0 Å². The zero-order valence-electron chi connectivity index (χ0n) is 10.4. The van der Waals surface area contributed by atoms with Gasteiger partial charge in [0.1, 0.15) is 0 Å². The Morgan fingerprint density at radius 1 is 1.00 bits per heavy atom. The van der Waals surface area contributed by atoms with Gasteiger partial charge in [0, 0.05) is 4.90 Å². The number of hydrogen-bond acceptors (Lipinski definition) is 1. The first kappa shape index (κ1) is 13.6. The Hall–Kier alpha value is -0.430. The van der Waals surface area contributed by atoms with E-state index in [4.69, 9.17) is 0 Å². The maximum absolute atomic E-state index is 3.25. The SMILES string of the molecule is CCCCCCCCCSc1[c]cccc1. The van der Waals surface area contributed by atoms with Crippen LogP contribution in [0.5, 0.6) is 0 Å². The molecule has 0 saturated heterocycles. The molecule has 0 amide bonds. The minimum Gasteiger partial charge on any atom is -0.126 e. The first-order chi connectivity index (χ1) is 7.93. The summed E-state index contributed by atoms with van der Waals surface area (Å²) in [5, 5.41) is 0. The number of hydrogen-bond donors (Lipinski definition) is 0. The number of benzene rings is 1. The van der Waals surface area contributed by atoms with Gasteiger partial charge in [-0.1, -0.05) is 63.6 Å². The Kier molecular flexibility index (Phi) is 8.33. The number of unbranched alkanes of at least 4 members (excludes halogenated alkanes) is 6. The molecule has 0 atom stereocenters. The molecule has 0 unspecified atom stereocenters. The van der Waals surface area contributed by atoms with Gasteiger partial charge >= 0.3 is 0 Å². The molecule has 0 spiro atoms. The molecule has 0 aliphatic rings. The third-order valence-corrected chi connectivity index (χ3v) is 3.74. The minimum absolute atomic E-state index is 1.24. The highest BCUT2D eigenvalue weighted by Crippen LogP contribution is 2.18. The van der Waals surface area contributed by atoms with Crippen molar-refractivity contribution >= 4 is 11.8 Å². The fraction of sp³-hybridized carbons (Fsp3) is 0.600. The molecule has 1 rings (SSSR count). The van der Waals surface area contributed by atoms with Crippen LogP contribution in [0.15, 0.2) is 29.2 Å². The standard InChI is InChI=1S/C15H23S/c1-2-3-4-5-6-7-11-14-16-15-12-9-8-10-13-15/h8-10,12H,2-7,11,14H2,1H3. The third-order valence-electron chi connectivity index (χ3n) is 2.69. The average molecular weight is 235 g/mol. The van der Waals surface area contributed by atoms with Crippen LogP contribution in [-0.2, 0) is 0 Å². The maximum atomic E-state index is 3.25. The summed E-state index contributed by atoms with van der Waals surface area (Å²) < 4.78 is 0. The molecule has 89 valence electrons. The number of thioether (sulfide) groups is 1. The molecule has 0 heterocycles. The van der Waals surface area contributed by atoms with E-state index in [-0.39, 0.29) is 0 Å². The summed E-state index contributed by atoms with van der Waals surface area (Å²) in [5.74, 6) is 1.24. The van der Waals surface area contributed by atoms with Gasteiger partial charge in [0.25, 0.3) is 0 Å².